The fourth-order valence-corrected chi connectivity index (χ4v) is 3.13. The minimum Gasteiger partial charge on any atom is -0.484 e. The van der Waals surface area contributed by atoms with Gasteiger partial charge in [0.15, 0.2) is 5.82 Å². The van der Waals surface area contributed by atoms with Gasteiger partial charge in [-0.2, -0.15) is 0 Å². The minimum atomic E-state index is 0.313. The second-order valence-corrected chi connectivity index (χ2v) is 5.85. The monoisotopic (exact) mass is 326 g/mol. The summed E-state index contributed by atoms with van der Waals surface area (Å²) in [6.07, 6.45) is 3.29. The lowest BCUT2D eigenvalue weighted by molar-refractivity contribution is 0.283. The Balaban J connectivity index is 1.81. The number of fused-ring (bicyclic) bond motifs is 1. The largest absolute Gasteiger partial charge is 0.484 e. The Morgan fingerprint density at radius 2 is 2.10 bits per heavy atom. The van der Waals surface area contributed by atoms with Crippen LogP contribution in [0.1, 0.15) is 30.1 Å². The number of nitrogens with zero attached hydrogens (tertiary/aromatic N) is 3. The molecule has 0 bridgehead atoms. The smallest absolute Gasteiger partial charge is 0.171 e. The standard InChI is InChI=1S/C14H16Cl2N4O/c15-10-5-9(7-17)14(11(16)6-10)21-8-13-19-18-12-3-1-2-4-20(12)13/h5-6H,1-4,7-8,17H2. The third kappa shape index (κ3) is 3.00. The number of nitrogens with two attached hydrogens (primary N) is 1. The molecule has 0 fully saturated rings. The molecule has 0 amide bonds. The molecule has 0 unspecified atom stereocenters. The Kier molecular flexibility index (Phi) is 4.33. The van der Waals surface area contributed by atoms with E-state index in [1.165, 1.54) is 6.42 Å². The number of hydrogen-bond acceptors (Lipinski definition) is 4. The van der Waals surface area contributed by atoms with E-state index in [0.29, 0.717) is 28.9 Å². The van der Waals surface area contributed by atoms with Crippen molar-refractivity contribution in [3.8, 4) is 5.75 Å². The van der Waals surface area contributed by atoms with E-state index >= 15 is 0 Å². The highest BCUT2D eigenvalue weighted by molar-refractivity contribution is 6.35. The predicted molar refractivity (Wildman–Crippen MR) is 81.6 cm³/mol. The van der Waals surface area contributed by atoms with Crippen LogP contribution in [0.25, 0.3) is 0 Å². The quantitative estimate of drug-likeness (QED) is 0.938. The second kappa shape index (κ2) is 6.22. The van der Waals surface area contributed by atoms with E-state index in [2.05, 4.69) is 14.8 Å². The molecule has 1 aliphatic rings. The summed E-state index contributed by atoms with van der Waals surface area (Å²) in [6, 6.07) is 3.42. The summed E-state index contributed by atoms with van der Waals surface area (Å²) in [6.45, 7) is 1.58. The Labute approximate surface area is 133 Å². The van der Waals surface area contributed by atoms with Gasteiger partial charge in [0.25, 0.3) is 0 Å². The van der Waals surface area contributed by atoms with Crippen LogP contribution in [0.2, 0.25) is 10.0 Å². The Morgan fingerprint density at radius 1 is 1.24 bits per heavy atom. The van der Waals surface area contributed by atoms with Gasteiger partial charge in [-0.15, -0.1) is 10.2 Å². The summed E-state index contributed by atoms with van der Waals surface area (Å²) in [5.74, 6) is 2.41. The zero-order valence-electron chi connectivity index (χ0n) is 11.5. The topological polar surface area (TPSA) is 66.0 Å². The summed E-state index contributed by atoms with van der Waals surface area (Å²) in [4.78, 5) is 0. The molecule has 1 aromatic heterocycles. The number of halogens is 2. The van der Waals surface area contributed by atoms with E-state index in [-0.39, 0.29) is 0 Å². The van der Waals surface area contributed by atoms with Crippen molar-refractivity contribution < 1.29 is 4.74 Å². The molecule has 7 heteroatoms. The lowest BCUT2D eigenvalue weighted by Gasteiger charge is -2.16. The van der Waals surface area contributed by atoms with Gasteiger partial charge < -0.3 is 15.0 Å². The van der Waals surface area contributed by atoms with Crippen molar-refractivity contribution in [2.24, 2.45) is 5.73 Å². The van der Waals surface area contributed by atoms with Gasteiger partial charge in [-0.1, -0.05) is 23.2 Å². The third-order valence-electron chi connectivity index (χ3n) is 3.59. The van der Waals surface area contributed by atoms with Crippen molar-refractivity contribution in [3.63, 3.8) is 0 Å². The first-order valence-electron chi connectivity index (χ1n) is 6.91. The van der Waals surface area contributed by atoms with Crippen molar-refractivity contribution >= 4 is 23.2 Å². The lowest BCUT2D eigenvalue weighted by Crippen LogP contribution is -2.15. The predicted octanol–water partition coefficient (Wildman–Crippen LogP) is 2.96. The third-order valence-corrected chi connectivity index (χ3v) is 4.09. The summed E-state index contributed by atoms with van der Waals surface area (Å²) < 4.78 is 7.95. The van der Waals surface area contributed by atoms with Gasteiger partial charge >= 0.3 is 0 Å². The van der Waals surface area contributed by atoms with Crippen LogP contribution in [0.5, 0.6) is 5.75 Å². The normalized spacial score (nSPS) is 14.0. The van der Waals surface area contributed by atoms with E-state index in [4.69, 9.17) is 33.7 Å². The molecule has 1 aromatic carbocycles. The first kappa shape index (κ1) is 14.6. The number of ether oxygens (including phenoxy) is 1. The first-order chi connectivity index (χ1) is 10.2. The van der Waals surface area contributed by atoms with Gasteiger partial charge in [0.2, 0.25) is 0 Å². The summed E-state index contributed by atoms with van der Waals surface area (Å²) >= 11 is 12.2. The molecule has 21 heavy (non-hydrogen) atoms. The molecule has 0 saturated carbocycles. The van der Waals surface area contributed by atoms with Gasteiger partial charge in [-0.05, 0) is 25.0 Å². The number of aryl methyl sites for hydroxylation is 1. The number of hydrogen-bond donors (Lipinski definition) is 1. The van der Waals surface area contributed by atoms with Gasteiger partial charge in [-0.25, -0.2) is 0 Å². The SMILES string of the molecule is NCc1cc(Cl)cc(Cl)c1OCc1nnc2n1CCCC2. The highest BCUT2D eigenvalue weighted by atomic mass is 35.5. The maximum Gasteiger partial charge on any atom is 0.171 e. The average molecular weight is 327 g/mol. The highest BCUT2D eigenvalue weighted by Gasteiger charge is 2.17. The fraction of sp³-hybridized carbons (Fsp3) is 0.429. The van der Waals surface area contributed by atoms with Crippen molar-refractivity contribution in [2.75, 3.05) is 0 Å². The van der Waals surface area contributed by atoms with Crippen LogP contribution in [0.4, 0.5) is 0 Å². The lowest BCUT2D eigenvalue weighted by atomic mass is 10.2. The molecule has 0 aliphatic carbocycles. The second-order valence-electron chi connectivity index (χ2n) is 5.01. The van der Waals surface area contributed by atoms with E-state index in [1.807, 2.05) is 0 Å². The Hall–Kier alpha value is -1.30. The van der Waals surface area contributed by atoms with Crippen LogP contribution in [-0.2, 0) is 26.1 Å². The molecule has 0 atom stereocenters. The molecule has 2 heterocycles. The maximum absolute atomic E-state index is 6.19. The van der Waals surface area contributed by atoms with Crippen LogP contribution < -0.4 is 10.5 Å². The minimum absolute atomic E-state index is 0.313. The zero-order chi connectivity index (χ0) is 14.8. The molecule has 0 saturated heterocycles. The van der Waals surface area contributed by atoms with Gasteiger partial charge in [0.05, 0.1) is 5.02 Å². The van der Waals surface area contributed by atoms with Crippen LogP contribution in [0.3, 0.4) is 0 Å². The first-order valence-corrected chi connectivity index (χ1v) is 7.66. The Bertz CT molecular complexity index is 657. The van der Waals surface area contributed by atoms with Gasteiger partial charge in [-0.3, -0.25) is 0 Å². The average Bonchev–Trinajstić information content (AvgIpc) is 2.89. The molecule has 2 N–H and O–H groups in total. The van der Waals surface area contributed by atoms with Gasteiger partial charge in [0, 0.05) is 30.1 Å². The number of aromatic nitrogens is 3. The van der Waals surface area contributed by atoms with Crippen LogP contribution in [-0.4, -0.2) is 14.8 Å². The number of rotatable bonds is 4. The van der Waals surface area contributed by atoms with Crippen LogP contribution in [0.15, 0.2) is 12.1 Å². The number of benzene rings is 1. The Morgan fingerprint density at radius 3 is 2.90 bits per heavy atom. The summed E-state index contributed by atoms with van der Waals surface area (Å²) in [5.41, 5.74) is 6.50. The molecule has 0 radical (unpaired) electrons. The molecular formula is C14H16Cl2N4O. The van der Waals surface area contributed by atoms with Crippen molar-refractivity contribution in [2.45, 2.75) is 39.0 Å². The molecule has 0 spiro atoms. The zero-order valence-corrected chi connectivity index (χ0v) is 13.0. The molecule has 2 aromatic rings. The van der Waals surface area contributed by atoms with E-state index in [9.17, 15) is 0 Å². The van der Waals surface area contributed by atoms with Crippen molar-refractivity contribution in [1.82, 2.24) is 14.8 Å². The summed E-state index contributed by atoms with van der Waals surface area (Å²) in [5, 5.41) is 9.41. The van der Waals surface area contributed by atoms with Crippen molar-refractivity contribution in [3.05, 3.63) is 39.4 Å². The molecule has 1 aliphatic heterocycles. The molecular weight excluding hydrogens is 311 g/mol. The van der Waals surface area contributed by atoms with E-state index < -0.39 is 0 Å². The maximum atomic E-state index is 6.19. The molecule has 3 rings (SSSR count). The molecule has 112 valence electrons. The van der Waals surface area contributed by atoms with E-state index in [1.54, 1.807) is 12.1 Å². The van der Waals surface area contributed by atoms with Gasteiger partial charge in [0.1, 0.15) is 18.2 Å². The van der Waals surface area contributed by atoms with Crippen LogP contribution in [0, 0.1) is 0 Å². The highest BCUT2D eigenvalue weighted by Crippen LogP contribution is 2.32. The summed E-state index contributed by atoms with van der Waals surface area (Å²) in [7, 11) is 0. The van der Waals surface area contributed by atoms with Crippen LogP contribution >= 0.6 is 23.2 Å². The van der Waals surface area contributed by atoms with E-state index in [0.717, 1.165) is 36.6 Å². The molecule has 5 nitrogen and oxygen atoms in total. The van der Waals surface area contributed by atoms with Crippen molar-refractivity contribution in [1.29, 1.82) is 0 Å². The fourth-order valence-electron chi connectivity index (χ4n) is 2.54.